The summed E-state index contributed by atoms with van der Waals surface area (Å²) >= 11 is 0. The lowest BCUT2D eigenvalue weighted by Gasteiger charge is -2.39. The minimum atomic E-state index is -0.0334. The molecule has 1 aromatic carbocycles. The van der Waals surface area contributed by atoms with Crippen LogP contribution in [0, 0.1) is 5.92 Å². The van der Waals surface area contributed by atoms with Crippen molar-refractivity contribution in [2.45, 2.75) is 51.0 Å². The Hall–Kier alpha value is -0.860. The molecule has 2 heteroatoms. The van der Waals surface area contributed by atoms with Gasteiger partial charge in [0.25, 0.3) is 0 Å². The quantitative estimate of drug-likeness (QED) is 0.795. The Bertz CT molecular complexity index is 365. The van der Waals surface area contributed by atoms with E-state index in [1.54, 1.807) is 0 Å². The lowest BCUT2D eigenvalue weighted by molar-refractivity contribution is -0.0748. The number of nitrogens with two attached hydrogens (primary N) is 1. The van der Waals surface area contributed by atoms with Crippen LogP contribution in [0.5, 0.6) is 0 Å². The summed E-state index contributed by atoms with van der Waals surface area (Å²) in [4.78, 5) is 0. The largest absolute Gasteiger partial charge is 0.374 e. The Labute approximate surface area is 117 Å². The molecule has 1 saturated carbocycles. The summed E-state index contributed by atoms with van der Waals surface area (Å²) in [5.41, 5.74) is 7.33. The topological polar surface area (TPSA) is 35.2 Å². The molecule has 0 heterocycles. The summed E-state index contributed by atoms with van der Waals surface area (Å²) in [6, 6.07) is 10.6. The molecular weight excluding hydrogens is 234 g/mol. The van der Waals surface area contributed by atoms with Crippen molar-refractivity contribution in [3.05, 3.63) is 35.9 Å². The molecule has 1 aromatic rings. The first-order valence-corrected chi connectivity index (χ1v) is 7.62. The highest BCUT2D eigenvalue weighted by atomic mass is 16.5. The molecule has 1 aliphatic carbocycles. The van der Waals surface area contributed by atoms with Crippen LogP contribution in [0.2, 0.25) is 0 Å². The monoisotopic (exact) mass is 261 g/mol. The number of rotatable bonds is 6. The second-order valence-electron chi connectivity index (χ2n) is 6.03. The predicted molar refractivity (Wildman–Crippen MR) is 80.1 cm³/mol. The minimum Gasteiger partial charge on any atom is -0.374 e. The van der Waals surface area contributed by atoms with Crippen molar-refractivity contribution < 1.29 is 4.74 Å². The lowest BCUT2D eigenvalue weighted by Crippen LogP contribution is -2.44. The van der Waals surface area contributed by atoms with E-state index in [-0.39, 0.29) is 5.60 Å². The maximum Gasteiger partial charge on any atom is 0.0806 e. The number of benzene rings is 1. The van der Waals surface area contributed by atoms with E-state index in [0.717, 1.165) is 38.2 Å². The number of hydrogen-bond donors (Lipinski definition) is 1. The van der Waals surface area contributed by atoms with Crippen LogP contribution in [0.4, 0.5) is 0 Å². The molecule has 0 spiro atoms. The van der Waals surface area contributed by atoms with E-state index < -0.39 is 0 Å². The van der Waals surface area contributed by atoms with Crippen LogP contribution in [0.25, 0.3) is 0 Å². The van der Waals surface area contributed by atoms with E-state index in [4.69, 9.17) is 10.5 Å². The van der Waals surface area contributed by atoms with Crippen molar-refractivity contribution in [3.8, 4) is 0 Å². The summed E-state index contributed by atoms with van der Waals surface area (Å²) in [5.74, 6) is 0.756. The Morgan fingerprint density at radius 2 is 2.11 bits per heavy atom. The zero-order valence-electron chi connectivity index (χ0n) is 12.1. The van der Waals surface area contributed by atoms with Gasteiger partial charge in [0.05, 0.1) is 5.60 Å². The van der Waals surface area contributed by atoms with Gasteiger partial charge >= 0.3 is 0 Å². The average Bonchev–Trinajstić information content (AvgIpc) is 2.45. The molecule has 2 N–H and O–H groups in total. The van der Waals surface area contributed by atoms with Gasteiger partial charge in [-0.05, 0) is 37.2 Å². The van der Waals surface area contributed by atoms with Crippen LogP contribution in [0.1, 0.15) is 44.6 Å². The second kappa shape index (κ2) is 7.06. The number of aryl methyl sites for hydroxylation is 1. The van der Waals surface area contributed by atoms with E-state index in [2.05, 4.69) is 37.3 Å². The lowest BCUT2D eigenvalue weighted by atomic mass is 9.79. The Morgan fingerprint density at radius 3 is 2.79 bits per heavy atom. The minimum absolute atomic E-state index is 0.0334. The average molecular weight is 261 g/mol. The predicted octanol–water partition coefficient (Wildman–Crippen LogP) is 3.54. The first-order chi connectivity index (χ1) is 9.24. The Morgan fingerprint density at radius 1 is 1.32 bits per heavy atom. The standard InChI is InChI=1S/C17H27NO/c1-15-7-5-11-17(13-15,14-18)19-12-6-10-16-8-3-2-4-9-16/h2-4,8-9,15H,5-7,10-14,18H2,1H3. The van der Waals surface area contributed by atoms with Gasteiger partial charge in [0.15, 0.2) is 0 Å². The van der Waals surface area contributed by atoms with Gasteiger partial charge in [-0.25, -0.2) is 0 Å². The Kier molecular flexibility index (Phi) is 5.41. The summed E-state index contributed by atoms with van der Waals surface area (Å²) in [6.07, 6.45) is 7.04. The fourth-order valence-corrected chi connectivity index (χ4v) is 3.20. The highest BCUT2D eigenvalue weighted by molar-refractivity contribution is 5.14. The van der Waals surface area contributed by atoms with Gasteiger partial charge in [-0.3, -0.25) is 0 Å². The maximum absolute atomic E-state index is 6.19. The smallest absolute Gasteiger partial charge is 0.0806 e. The van der Waals surface area contributed by atoms with Gasteiger partial charge in [0, 0.05) is 13.2 Å². The van der Waals surface area contributed by atoms with Crippen molar-refractivity contribution in [2.24, 2.45) is 11.7 Å². The third-order valence-electron chi connectivity index (χ3n) is 4.28. The normalized spacial score (nSPS) is 27.4. The molecule has 0 saturated heterocycles. The van der Waals surface area contributed by atoms with Gasteiger partial charge < -0.3 is 10.5 Å². The molecule has 0 amide bonds. The fraction of sp³-hybridized carbons (Fsp3) is 0.647. The number of ether oxygens (including phenoxy) is 1. The van der Waals surface area contributed by atoms with Gasteiger partial charge in [-0.15, -0.1) is 0 Å². The summed E-state index contributed by atoms with van der Waals surface area (Å²) in [7, 11) is 0. The molecule has 0 bridgehead atoms. The molecule has 2 nitrogen and oxygen atoms in total. The van der Waals surface area contributed by atoms with Gasteiger partial charge in [-0.2, -0.15) is 0 Å². The van der Waals surface area contributed by atoms with Crippen molar-refractivity contribution in [1.29, 1.82) is 0 Å². The van der Waals surface area contributed by atoms with Crippen LogP contribution in [-0.4, -0.2) is 18.8 Å². The first kappa shape index (κ1) is 14.5. The van der Waals surface area contributed by atoms with E-state index in [9.17, 15) is 0 Å². The molecule has 0 aliphatic heterocycles. The molecule has 0 radical (unpaired) electrons. The zero-order valence-corrected chi connectivity index (χ0v) is 12.1. The van der Waals surface area contributed by atoms with E-state index in [1.807, 2.05) is 0 Å². The molecule has 2 unspecified atom stereocenters. The van der Waals surface area contributed by atoms with Gasteiger partial charge in [-0.1, -0.05) is 50.1 Å². The number of hydrogen-bond acceptors (Lipinski definition) is 2. The third kappa shape index (κ3) is 4.32. The summed E-state index contributed by atoms with van der Waals surface area (Å²) in [6.45, 7) is 3.82. The molecular formula is C17H27NO. The van der Waals surface area contributed by atoms with Gasteiger partial charge in [0.1, 0.15) is 0 Å². The van der Waals surface area contributed by atoms with Crippen molar-refractivity contribution in [2.75, 3.05) is 13.2 Å². The van der Waals surface area contributed by atoms with E-state index in [1.165, 1.54) is 18.4 Å². The van der Waals surface area contributed by atoms with Crippen molar-refractivity contribution in [3.63, 3.8) is 0 Å². The SMILES string of the molecule is CC1CCCC(CN)(OCCCc2ccccc2)C1. The maximum atomic E-state index is 6.19. The first-order valence-electron chi connectivity index (χ1n) is 7.62. The second-order valence-corrected chi connectivity index (χ2v) is 6.03. The van der Waals surface area contributed by atoms with Crippen LogP contribution < -0.4 is 5.73 Å². The van der Waals surface area contributed by atoms with E-state index >= 15 is 0 Å². The molecule has 19 heavy (non-hydrogen) atoms. The highest BCUT2D eigenvalue weighted by Gasteiger charge is 2.34. The molecule has 1 aliphatic rings. The molecule has 0 aromatic heterocycles. The van der Waals surface area contributed by atoms with Crippen LogP contribution in [0.3, 0.4) is 0 Å². The molecule has 1 fully saturated rings. The van der Waals surface area contributed by atoms with Crippen molar-refractivity contribution in [1.82, 2.24) is 0 Å². The molecule has 2 rings (SSSR count). The molecule has 2 atom stereocenters. The van der Waals surface area contributed by atoms with Crippen LogP contribution in [0.15, 0.2) is 30.3 Å². The summed E-state index contributed by atoms with van der Waals surface area (Å²) < 4.78 is 6.19. The van der Waals surface area contributed by atoms with Gasteiger partial charge in [0.2, 0.25) is 0 Å². The highest BCUT2D eigenvalue weighted by Crippen LogP contribution is 2.34. The molecule has 106 valence electrons. The van der Waals surface area contributed by atoms with Crippen LogP contribution >= 0.6 is 0 Å². The Balaban J connectivity index is 1.74. The summed E-state index contributed by atoms with van der Waals surface area (Å²) in [5, 5.41) is 0. The van der Waals surface area contributed by atoms with Crippen LogP contribution in [-0.2, 0) is 11.2 Å². The van der Waals surface area contributed by atoms with E-state index in [0.29, 0.717) is 6.54 Å². The van der Waals surface area contributed by atoms with Crippen molar-refractivity contribution >= 4 is 0 Å². The third-order valence-corrected chi connectivity index (χ3v) is 4.28. The zero-order chi connectivity index (χ0) is 13.6. The fourth-order valence-electron chi connectivity index (χ4n) is 3.20.